The summed E-state index contributed by atoms with van der Waals surface area (Å²) in [5.74, 6) is 0. The maximum atomic E-state index is 8.95. The topological polar surface area (TPSA) is 52.7 Å². The molecule has 1 aromatic carbocycles. The van der Waals surface area contributed by atoms with Crippen molar-refractivity contribution in [2.45, 2.75) is 13.0 Å². The van der Waals surface area contributed by atoms with Gasteiger partial charge in [-0.05, 0) is 18.6 Å². The molecule has 0 bridgehead atoms. The lowest BCUT2D eigenvalue weighted by Gasteiger charge is -2.37. The number of anilines is 1. The normalized spacial score (nSPS) is 18.9. The fourth-order valence-corrected chi connectivity index (χ4v) is 2.51. The zero-order valence-corrected chi connectivity index (χ0v) is 11.0. The zero-order valence-electron chi connectivity index (χ0n) is 11.0. The molecule has 1 aliphatic heterocycles. The number of hydrogen-bond acceptors (Lipinski definition) is 4. The van der Waals surface area contributed by atoms with Crippen LogP contribution in [0.15, 0.2) is 24.3 Å². The van der Waals surface area contributed by atoms with E-state index in [0.29, 0.717) is 0 Å². The molecule has 0 amide bonds. The van der Waals surface area contributed by atoms with E-state index in [2.05, 4.69) is 28.0 Å². The molecule has 0 saturated carbocycles. The van der Waals surface area contributed by atoms with E-state index >= 15 is 0 Å². The van der Waals surface area contributed by atoms with Crippen LogP contribution in [-0.2, 0) is 0 Å². The van der Waals surface area contributed by atoms with Crippen LogP contribution in [-0.4, -0.2) is 49.3 Å². The molecule has 18 heavy (non-hydrogen) atoms. The van der Waals surface area contributed by atoms with Gasteiger partial charge >= 0.3 is 0 Å². The molecule has 1 heterocycles. The third-order valence-electron chi connectivity index (χ3n) is 3.56. The van der Waals surface area contributed by atoms with E-state index in [1.807, 2.05) is 13.0 Å². The van der Waals surface area contributed by atoms with Gasteiger partial charge in [-0.1, -0.05) is 18.2 Å². The van der Waals surface area contributed by atoms with Crippen LogP contribution in [0, 0.1) is 0 Å². The number of aliphatic hydroxyl groups is 1. The lowest BCUT2D eigenvalue weighted by Crippen LogP contribution is -2.47. The van der Waals surface area contributed by atoms with Crippen molar-refractivity contribution in [1.82, 2.24) is 4.90 Å². The van der Waals surface area contributed by atoms with Crippen molar-refractivity contribution in [1.29, 1.82) is 0 Å². The number of para-hydroxylation sites is 1. The first-order chi connectivity index (χ1) is 8.72. The Hall–Kier alpha value is -1.10. The van der Waals surface area contributed by atoms with Crippen molar-refractivity contribution in [3.63, 3.8) is 0 Å². The summed E-state index contributed by atoms with van der Waals surface area (Å²) in [7, 11) is 0. The molecule has 3 N–H and O–H groups in total. The monoisotopic (exact) mass is 249 g/mol. The van der Waals surface area contributed by atoms with E-state index in [9.17, 15) is 0 Å². The van der Waals surface area contributed by atoms with Crippen LogP contribution in [0.1, 0.15) is 18.5 Å². The van der Waals surface area contributed by atoms with Crippen molar-refractivity contribution in [2.75, 3.05) is 44.2 Å². The van der Waals surface area contributed by atoms with Crippen molar-refractivity contribution < 1.29 is 5.11 Å². The second kappa shape index (κ2) is 6.18. The number of nitrogens with zero attached hydrogens (tertiary/aromatic N) is 2. The van der Waals surface area contributed by atoms with Crippen LogP contribution in [0.3, 0.4) is 0 Å². The summed E-state index contributed by atoms with van der Waals surface area (Å²) in [6.45, 7) is 7.08. The Kier molecular flexibility index (Phi) is 4.58. The van der Waals surface area contributed by atoms with Gasteiger partial charge in [0.1, 0.15) is 0 Å². The average Bonchev–Trinajstić information content (AvgIpc) is 2.40. The summed E-state index contributed by atoms with van der Waals surface area (Å²) in [4.78, 5) is 4.69. The molecule has 0 unspecified atom stereocenters. The van der Waals surface area contributed by atoms with Crippen LogP contribution < -0.4 is 10.6 Å². The Bertz CT molecular complexity index is 373. The van der Waals surface area contributed by atoms with Crippen molar-refractivity contribution in [2.24, 2.45) is 5.73 Å². The lowest BCUT2D eigenvalue weighted by molar-refractivity contribution is 0.188. The van der Waals surface area contributed by atoms with Crippen LogP contribution in [0.2, 0.25) is 0 Å². The maximum absolute atomic E-state index is 8.95. The van der Waals surface area contributed by atoms with Gasteiger partial charge in [0, 0.05) is 44.5 Å². The number of rotatable bonds is 4. The summed E-state index contributed by atoms with van der Waals surface area (Å²) in [6, 6.07) is 8.45. The largest absolute Gasteiger partial charge is 0.395 e. The quantitative estimate of drug-likeness (QED) is 0.829. The van der Waals surface area contributed by atoms with Gasteiger partial charge < -0.3 is 15.7 Å². The molecule has 4 nitrogen and oxygen atoms in total. The molecule has 2 rings (SSSR count). The Morgan fingerprint density at radius 2 is 1.89 bits per heavy atom. The molecule has 0 aliphatic carbocycles. The van der Waals surface area contributed by atoms with E-state index in [1.54, 1.807) is 0 Å². The van der Waals surface area contributed by atoms with E-state index in [4.69, 9.17) is 10.8 Å². The van der Waals surface area contributed by atoms with Crippen molar-refractivity contribution >= 4 is 5.69 Å². The van der Waals surface area contributed by atoms with Gasteiger partial charge in [-0.2, -0.15) is 0 Å². The fraction of sp³-hybridized carbons (Fsp3) is 0.571. The molecule has 1 atom stereocenters. The second-order valence-corrected chi connectivity index (χ2v) is 4.90. The molecule has 0 radical (unpaired) electrons. The third-order valence-corrected chi connectivity index (χ3v) is 3.56. The number of aliphatic hydroxyl groups excluding tert-OH is 1. The van der Waals surface area contributed by atoms with E-state index in [1.165, 1.54) is 11.3 Å². The van der Waals surface area contributed by atoms with Crippen LogP contribution in [0.25, 0.3) is 0 Å². The molecule has 1 fully saturated rings. The third kappa shape index (κ3) is 3.02. The molecule has 4 heteroatoms. The van der Waals surface area contributed by atoms with Crippen LogP contribution in [0.4, 0.5) is 5.69 Å². The smallest absolute Gasteiger partial charge is 0.0558 e. The summed E-state index contributed by atoms with van der Waals surface area (Å²) in [5.41, 5.74) is 8.50. The first kappa shape index (κ1) is 13.3. The number of hydrogen-bond donors (Lipinski definition) is 2. The summed E-state index contributed by atoms with van der Waals surface area (Å²) < 4.78 is 0. The van der Waals surface area contributed by atoms with Crippen molar-refractivity contribution in [3.8, 4) is 0 Å². The number of benzene rings is 1. The highest BCUT2D eigenvalue weighted by molar-refractivity contribution is 5.55. The highest BCUT2D eigenvalue weighted by Gasteiger charge is 2.19. The SMILES string of the molecule is C[C@H](N)c1ccccc1N1CCN(CCO)CC1. The lowest BCUT2D eigenvalue weighted by atomic mass is 10.1. The highest BCUT2D eigenvalue weighted by atomic mass is 16.3. The van der Waals surface area contributed by atoms with Crippen LogP contribution in [0.5, 0.6) is 0 Å². The van der Waals surface area contributed by atoms with E-state index in [0.717, 1.165) is 32.7 Å². The average molecular weight is 249 g/mol. The molecule has 1 saturated heterocycles. The highest BCUT2D eigenvalue weighted by Crippen LogP contribution is 2.25. The molecule has 1 aromatic rings. The summed E-state index contributed by atoms with van der Waals surface area (Å²) in [5, 5.41) is 8.95. The standard InChI is InChI=1S/C14H23N3O/c1-12(15)13-4-2-3-5-14(13)17-8-6-16(7-9-17)10-11-18/h2-5,12,18H,6-11,15H2,1H3/t12-/m0/s1. The molecular weight excluding hydrogens is 226 g/mol. The van der Waals surface area contributed by atoms with E-state index in [-0.39, 0.29) is 12.6 Å². The number of piperazine rings is 1. The predicted molar refractivity (Wildman–Crippen MR) is 74.8 cm³/mol. The van der Waals surface area contributed by atoms with Gasteiger partial charge in [-0.3, -0.25) is 4.90 Å². The van der Waals surface area contributed by atoms with Gasteiger partial charge in [-0.25, -0.2) is 0 Å². The van der Waals surface area contributed by atoms with Gasteiger partial charge in [0.15, 0.2) is 0 Å². The van der Waals surface area contributed by atoms with Crippen molar-refractivity contribution in [3.05, 3.63) is 29.8 Å². The van der Waals surface area contributed by atoms with E-state index < -0.39 is 0 Å². The van der Waals surface area contributed by atoms with Crippen LogP contribution >= 0.6 is 0 Å². The fourth-order valence-electron chi connectivity index (χ4n) is 2.51. The first-order valence-corrected chi connectivity index (χ1v) is 6.65. The summed E-state index contributed by atoms with van der Waals surface area (Å²) >= 11 is 0. The Morgan fingerprint density at radius 1 is 1.22 bits per heavy atom. The molecule has 100 valence electrons. The Balaban J connectivity index is 2.05. The Morgan fingerprint density at radius 3 is 2.50 bits per heavy atom. The van der Waals surface area contributed by atoms with Gasteiger partial charge in [0.2, 0.25) is 0 Å². The summed E-state index contributed by atoms with van der Waals surface area (Å²) in [6.07, 6.45) is 0. The maximum Gasteiger partial charge on any atom is 0.0558 e. The van der Waals surface area contributed by atoms with Gasteiger partial charge in [-0.15, -0.1) is 0 Å². The molecule has 0 aromatic heterocycles. The Labute approximate surface area is 109 Å². The minimum absolute atomic E-state index is 0.0664. The zero-order chi connectivity index (χ0) is 13.0. The molecule has 0 spiro atoms. The number of β-amino-alcohol motifs (C(OH)–C–C–N with tert-alkyl or cyclic N) is 1. The minimum atomic E-state index is 0.0664. The molecular formula is C14H23N3O. The predicted octanol–water partition coefficient (Wildman–Crippen LogP) is 0.821. The first-order valence-electron chi connectivity index (χ1n) is 6.65. The molecule has 1 aliphatic rings. The van der Waals surface area contributed by atoms with Gasteiger partial charge in [0.25, 0.3) is 0 Å². The minimum Gasteiger partial charge on any atom is -0.395 e. The van der Waals surface area contributed by atoms with Gasteiger partial charge in [0.05, 0.1) is 6.61 Å². The number of nitrogens with two attached hydrogens (primary N) is 1. The second-order valence-electron chi connectivity index (χ2n) is 4.90.